The van der Waals surface area contributed by atoms with Gasteiger partial charge in [-0.25, -0.2) is 5.84 Å². The van der Waals surface area contributed by atoms with Crippen molar-refractivity contribution in [2.75, 3.05) is 22.6 Å². The predicted molar refractivity (Wildman–Crippen MR) is 67.0 cm³/mol. The van der Waals surface area contributed by atoms with Crippen molar-refractivity contribution in [1.82, 2.24) is 9.97 Å². The molecule has 0 unspecified atom stereocenters. The molecular weight excluding hydrogens is 218 g/mol. The molecule has 0 aromatic carbocycles. The molecule has 1 aromatic rings. The zero-order chi connectivity index (χ0) is 12.8. The molecule has 0 aliphatic heterocycles. The summed E-state index contributed by atoms with van der Waals surface area (Å²) < 4.78 is 0. The van der Waals surface area contributed by atoms with Gasteiger partial charge in [-0.1, -0.05) is 0 Å². The summed E-state index contributed by atoms with van der Waals surface area (Å²) in [5, 5.41) is 8.63. The molecule has 5 N–H and O–H groups in total. The Hall–Kier alpha value is -2.07. The summed E-state index contributed by atoms with van der Waals surface area (Å²) in [6.07, 6.45) is 0.424. The Morgan fingerprint density at radius 3 is 2.76 bits per heavy atom. The number of nitrogens with one attached hydrogen (secondary N) is 1. The number of nitrogens with zero attached hydrogens (tertiary/aromatic N) is 4. The van der Waals surface area contributed by atoms with Crippen LogP contribution in [0.5, 0.6) is 0 Å². The van der Waals surface area contributed by atoms with Crippen LogP contribution < -0.4 is 21.9 Å². The maximum absolute atomic E-state index is 8.63. The number of aromatic nitrogens is 2. The number of anilines is 3. The maximum atomic E-state index is 8.63. The molecule has 0 aliphatic carbocycles. The molecule has 0 aliphatic rings. The lowest BCUT2D eigenvalue weighted by Gasteiger charge is -2.27. The molecular formula is C10H17N7. The monoisotopic (exact) mass is 235 g/mol. The highest BCUT2D eigenvalue weighted by molar-refractivity contribution is 5.52. The zero-order valence-corrected chi connectivity index (χ0v) is 10.0. The van der Waals surface area contributed by atoms with E-state index in [4.69, 9.17) is 16.8 Å². The third kappa shape index (κ3) is 3.46. The summed E-state index contributed by atoms with van der Waals surface area (Å²) in [7, 11) is 0. The Kier molecular flexibility index (Phi) is 4.48. The Bertz CT molecular complexity index is 410. The molecule has 0 amide bonds. The first-order chi connectivity index (χ1) is 8.08. The van der Waals surface area contributed by atoms with Crippen LogP contribution in [0.2, 0.25) is 0 Å². The molecule has 1 rings (SSSR count). The Labute approximate surface area is 100 Å². The van der Waals surface area contributed by atoms with E-state index in [9.17, 15) is 0 Å². The minimum Gasteiger partial charge on any atom is -0.368 e. The molecule has 1 heterocycles. The summed E-state index contributed by atoms with van der Waals surface area (Å²) >= 11 is 0. The van der Waals surface area contributed by atoms with Crippen LogP contribution in [0.25, 0.3) is 0 Å². The van der Waals surface area contributed by atoms with Crippen LogP contribution >= 0.6 is 0 Å². The average Bonchev–Trinajstić information content (AvgIpc) is 2.28. The molecule has 0 saturated carbocycles. The van der Waals surface area contributed by atoms with Crippen molar-refractivity contribution in [3.05, 3.63) is 6.07 Å². The molecule has 0 atom stereocenters. The van der Waals surface area contributed by atoms with E-state index in [1.165, 1.54) is 0 Å². The van der Waals surface area contributed by atoms with Crippen molar-refractivity contribution in [3.63, 3.8) is 0 Å². The van der Waals surface area contributed by atoms with E-state index < -0.39 is 0 Å². The Morgan fingerprint density at radius 1 is 1.53 bits per heavy atom. The number of nitriles is 1. The van der Waals surface area contributed by atoms with Gasteiger partial charge in [0, 0.05) is 18.7 Å². The highest BCUT2D eigenvalue weighted by atomic mass is 15.3. The molecule has 0 bridgehead atoms. The SMILES string of the molecule is CC(C)N(CCC#N)c1cc(NN)nc(N)n1. The van der Waals surface area contributed by atoms with Gasteiger partial charge in [-0.3, -0.25) is 0 Å². The van der Waals surface area contributed by atoms with Crippen molar-refractivity contribution >= 4 is 17.6 Å². The van der Waals surface area contributed by atoms with Gasteiger partial charge in [0.1, 0.15) is 11.6 Å². The van der Waals surface area contributed by atoms with E-state index >= 15 is 0 Å². The van der Waals surface area contributed by atoms with E-state index in [1.54, 1.807) is 6.07 Å². The van der Waals surface area contributed by atoms with Crippen LogP contribution in [-0.2, 0) is 0 Å². The second-order valence-corrected chi connectivity index (χ2v) is 3.81. The summed E-state index contributed by atoms with van der Waals surface area (Å²) in [6, 6.07) is 4.02. The molecule has 0 fully saturated rings. The Morgan fingerprint density at radius 2 is 2.24 bits per heavy atom. The normalized spacial score (nSPS) is 10.1. The lowest BCUT2D eigenvalue weighted by molar-refractivity contribution is 0.676. The van der Waals surface area contributed by atoms with Crippen LogP contribution in [0.15, 0.2) is 6.07 Å². The highest BCUT2D eigenvalue weighted by Gasteiger charge is 2.13. The molecule has 0 saturated heterocycles. The summed E-state index contributed by atoms with van der Waals surface area (Å²) in [5.41, 5.74) is 8.03. The lowest BCUT2D eigenvalue weighted by Crippen LogP contribution is -2.32. The van der Waals surface area contributed by atoms with Gasteiger partial charge < -0.3 is 16.1 Å². The van der Waals surface area contributed by atoms with Crippen molar-refractivity contribution in [2.45, 2.75) is 26.3 Å². The third-order valence-corrected chi connectivity index (χ3v) is 2.26. The van der Waals surface area contributed by atoms with Crippen molar-refractivity contribution in [1.29, 1.82) is 5.26 Å². The second kappa shape index (κ2) is 5.86. The predicted octanol–water partition coefficient (Wildman–Crippen LogP) is 0.473. The molecule has 0 radical (unpaired) electrons. The molecule has 92 valence electrons. The summed E-state index contributed by atoms with van der Waals surface area (Å²) in [6.45, 7) is 4.63. The fourth-order valence-electron chi connectivity index (χ4n) is 1.48. The first kappa shape index (κ1) is 13.0. The molecule has 7 nitrogen and oxygen atoms in total. The number of nitrogen functional groups attached to an aromatic ring is 2. The van der Waals surface area contributed by atoms with Gasteiger partial charge in [-0.15, -0.1) is 0 Å². The first-order valence-electron chi connectivity index (χ1n) is 5.33. The van der Waals surface area contributed by atoms with E-state index in [1.807, 2.05) is 18.7 Å². The van der Waals surface area contributed by atoms with Crippen molar-refractivity contribution in [3.8, 4) is 6.07 Å². The standard InChI is InChI=1S/C10H17N7/c1-7(2)17(5-3-4-11)9-6-8(16-13)14-10(12)15-9/h6-7H,3,5,13H2,1-2H3,(H3,12,14,15,16). The molecule has 7 heteroatoms. The average molecular weight is 235 g/mol. The molecule has 0 spiro atoms. The first-order valence-corrected chi connectivity index (χ1v) is 5.33. The summed E-state index contributed by atoms with van der Waals surface area (Å²) in [4.78, 5) is 10.0. The van der Waals surface area contributed by atoms with Gasteiger partial charge in [0.15, 0.2) is 0 Å². The van der Waals surface area contributed by atoms with Gasteiger partial charge in [-0.2, -0.15) is 15.2 Å². The minimum absolute atomic E-state index is 0.151. The van der Waals surface area contributed by atoms with Gasteiger partial charge >= 0.3 is 0 Å². The number of hydrogen-bond acceptors (Lipinski definition) is 7. The topological polar surface area (TPSA) is 117 Å². The number of nitrogens with two attached hydrogens (primary N) is 2. The molecule has 17 heavy (non-hydrogen) atoms. The summed E-state index contributed by atoms with van der Waals surface area (Å²) in [5.74, 6) is 6.56. The largest absolute Gasteiger partial charge is 0.368 e. The van der Waals surface area contributed by atoms with Crippen LogP contribution in [-0.4, -0.2) is 22.6 Å². The van der Waals surface area contributed by atoms with Crippen LogP contribution in [0.4, 0.5) is 17.6 Å². The third-order valence-electron chi connectivity index (χ3n) is 2.26. The quantitative estimate of drug-likeness (QED) is 0.501. The highest BCUT2D eigenvalue weighted by Crippen LogP contribution is 2.18. The Balaban J connectivity index is 3.01. The smallest absolute Gasteiger partial charge is 0.223 e. The van der Waals surface area contributed by atoms with Gasteiger partial charge in [0.25, 0.3) is 0 Å². The minimum atomic E-state index is 0.151. The fraction of sp³-hybridized carbons (Fsp3) is 0.500. The number of hydrogen-bond donors (Lipinski definition) is 3. The molecule has 1 aromatic heterocycles. The zero-order valence-electron chi connectivity index (χ0n) is 10.0. The van der Waals surface area contributed by atoms with E-state index in [-0.39, 0.29) is 12.0 Å². The van der Waals surface area contributed by atoms with Gasteiger partial charge in [-0.05, 0) is 13.8 Å². The number of rotatable bonds is 5. The lowest BCUT2D eigenvalue weighted by atomic mass is 10.3. The van der Waals surface area contributed by atoms with Crippen molar-refractivity contribution < 1.29 is 0 Å². The fourth-order valence-corrected chi connectivity index (χ4v) is 1.48. The van der Waals surface area contributed by atoms with E-state index in [0.717, 1.165) is 0 Å². The van der Waals surface area contributed by atoms with Crippen LogP contribution in [0.1, 0.15) is 20.3 Å². The second-order valence-electron chi connectivity index (χ2n) is 3.81. The van der Waals surface area contributed by atoms with Gasteiger partial charge in [0.05, 0.1) is 12.5 Å². The van der Waals surface area contributed by atoms with E-state index in [0.29, 0.717) is 24.6 Å². The van der Waals surface area contributed by atoms with Crippen molar-refractivity contribution in [2.24, 2.45) is 5.84 Å². The maximum Gasteiger partial charge on any atom is 0.223 e. The van der Waals surface area contributed by atoms with Gasteiger partial charge in [0.2, 0.25) is 5.95 Å². The van der Waals surface area contributed by atoms with Crippen LogP contribution in [0.3, 0.4) is 0 Å². The van der Waals surface area contributed by atoms with Crippen LogP contribution in [0, 0.1) is 11.3 Å². The van der Waals surface area contributed by atoms with E-state index in [2.05, 4.69) is 21.5 Å². The number of hydrazine groups is 1.